The summed E-state index contributed by atoms with van der Waals surface area (Å²) in [5, 5.41) is 2.78. The smallest absolute Gasteiger partial charge is 0.374 e. The van der Waals surface area contributed by atoms with Gasteiger partial charge in [0.25, 0.3) is 10.0 Å². The van der Waals surface area contributed by atoms with Gasteiger partial charge < -0.3 is 19.4 Å². The van der Waals surface area contributed by atoms with E-state index < -0.39 is 16.0 Å². The van der Waals surface area contributed by atoms with Crippen molar-refractivity contribution in [1.29, 1.82) is 0 Å². The predicted molar refractivity (Wildman–Crippen MR) is 114 cm³/mol. The van der Waals surface area contributed by atoms with Crippen LogP contribution in [0, 0.1) is 11.8 Å². The van der Waals surface area contributed by atoms with Gasteiger partial charge >= 0.3 is 5.97 Å². The van der Waals surface area contributed by atoms with E-state index in [-0.39, 0.29) is 42.4 Å². The van der Waals surface area contributed by atoms with Crippen LogP contribution in [0.5, 0.6) is 0 Å². The number of hydrogen-bond donors (Lipinski definition) is 1. The van der Waals surface area contributed by atoms with Crippen molar-refractivity contribution in [2.45, 2.75) is 51.2 Å². The highest BCUT2D eigenvalue weighted by molar-refractivity contribution is 7.89. The molecule has 0 spiro atoms. The van der Waals surface area contributed by atoms with Crippen molar-refractivity contribution in [2.24, 2.45) is 11.8 Å². The monoisotopic (exact) mass is 455 g/mol. The number of furan rings is 1. The van der Waals surface area contributed by atoms with Gasteiger partial charge in [0.2, 0.25) is 16.8 Å². The lowest BCUT2D eigenvalue weighted by Gasteiger charge is -2.30. The molecule has 9 nitrogen and oxygen atoms in total. The summed E-state index contributed by atoms with van der Waals surface area (Å²) in [5.41, 5.74) is 0. The molecule has 1 atom stereocenters. The average Bonchev–Trinajstić information content (AvgIpc) is 3.42. The minimum absolute atomic E-state index is 0.00245. The third kappa shape index (κ3) is 5.67. The molecule has 2 fully saturated rings. The summed E-state index contributed by atoms with van der Waals surface area (Å²) in [6.07, 6.45) is 2.00. The molecule has 31 heavy (non-hydrogen) atoms. The van der Waals surface area contributed by atoms with Crippen molar-refractivity contribution >= 4 is 21.9 Å². The fourth-order valence-corrected chi connectivity index (χ4v) is 5.52. The molecule has 3 rings (SSSR count). The summed E-state index contributed by atoms with van der Waals surface area (Å²) < 4.78 is 37.0. The van der Waals surface area contributed by atoms with Gasteiger partial charge in [-0.1, -0.05) is 0 Å². The molecule has 1 unspecified atom stereocenters. The van der Waals surface area contributed by atoms with Crippen LogP contribution in [-0.4, -0.2) is 74.9 Å². The van der Waals surface area contributed by atoms with Crippen LogP contribution in [0.15, 0.2) is 21.6 Å². The Morgan fingerprint density at radius 1 is 1.19 bits per heavy atom. The summed E-state index contributed by atoms with van der Waals surface area (Å²) in [6.45, 7) is 9.42. The van der Waals surface area contributed by atoms with Gasteiger partial charge in [-0.3, -0.25) is 4.79 Å². The zero-order valence-corrected chi connectivity index (χ0v) is 19.3. The first kappa shape index (κ1) is 23.7. The maximum absolute atomic E-state index is 12.8. The van der Waals surface area contributed by atoms with E-state index in [2.05, 4.69) is 24.1 Å². The largest absolute Gasteiger partial charge is 0.460 e. The number of likely N-dealkylation sites (tertiary alicyclic amines) is 1. The van der Waals surface area contributed by atoms with Gasteiger partial charge in [-0.25, -0.2) is 13.2 Å². The summed E-state index contributed by atoms with van der Waals surface area (Å²) in [5.74, 6) is -0.557. The highest BCUT2D eigenvalue weighted by Crippen LogP contribution is 2.26. The molecule has 1 N–H and O–H groups in total. The molecule has 0 bridgehead atoms. The van der Waals surface area contributed by atoms with Crippen molar-refractivity contribution in [2.75, 3.05) is 39.3 Å². The number of sulfonamides is 1. The second-order valence-electron chi connectivity index (χ2n) is 8.51. The number of nitrogens with one attached hydrogen (secondary N) is 1. The van der Waals surface area contributed by atoms with Crippen LogP contribution < -0.4 is 5.32 Å². The van der Waals surface area contributed by atoms with Gasteiger partial charge in [0, 0.05) is 38.1 Å². The predicted octanol–water partition coefficient (Wildman–Crippen LogP) is 1.70. The van der Waals surface area contributed by atoms with E-state index in [9.17, 15) is 18.0 Å². The lowest BCUT2D eigenvalue weighted by Crippen LogP contribution is -2.43. The van der Waals surface area contributed by atoms with E-state index in [1.807, 2.05) is 0 Å². The van der Waals surface area contributed by atoms with Gasteiger partial charge in [-0.05, 0) is 64.6 Å². The van der Waals surface area contributed by atoms with Crippen LogP contribution >= 0.6 is 0 Å². The number of carbonyl (C=O) groups excluding carboxylic acids is 2. The number of rotatable bonds is 8. The molecule has 1 aromatic heterocycles. The van der Waals surface area contributed by atoms with Crippen LogP contribution in [-0.2, 0) is 19.6 Å². The molecule has 3 heterocycles. The van der Waals surface area contributed by atoms with E-state index >= 15 is 0 Å². The Morgan fingerprint density at radius 3 is 2.52 bits per heavy atom. The zero-order valence-electron chi connectivity index (χ0n) is 18.5. The Balaban J connectivity index is 1.48. The number of nitrogens with zero attached hydrogens (tertiary/aromatic N) is 2. The Labute approximate surface area is 184 Å². The van der Waals surface area contributed by atoms with Crippen molar-refractivity contribution in [3.8, 4) is 0 Å². The van der Waals surface area contributed by atoms with Crippen LogP contribution in [0.4, 0.5) is 0 Å². The second-order valence-corrected chi connectivity index (χ2v) is 10.4. The molecular formula is C21H33N3O6S. The molecule has 0 saturated carbocycles. The van der Waals surface area contributed by atoms with Gasteiger partial charge in [0.15, 0.2) is 0 Å². The second kappa shape index (κ2) is 10.1. The molecule has 2 saturated heterocycles. The molecule has 0 aliphatic carbocycles. The van der Waals surface area contributed by atoms with E-state index in [0.29, 0.717) is 31.3 Å². The number of piperidine rings is 1. The number of carbonyl (C=O) groups is 2. The molecule has 1 amide bonds. The van der Waals surface area contributed by atoms with Gasteiger partial charge in [-0.15, -0.1) is 0 Å². The minimum atomic E-state index is -3.86. The normalized spacial score (nSPS) is 21.5. The molecule has 2 aliphatic rings. The number of esters is 1. The number of ether oxygens (including phenoxy) is 1. The minimum Gasteiger partial charge on any atom is -0.460 e. The Hall–Kier alpha value is -1.91. The first-order valence-electron chi connectivity index (χ1n) is 11.0. The first-order chi connectivity index (χ1) is 14.7. The zero-order chi connectivity index (χ0) is 22.6. The molecule has 2 aliphatic heterocycles. The molecule has 10 heteroatoms. The fourth-order valence-electron chi connectivity index (χ4n) is 4.14. The van der Waals surface area contributed by atoms with E-state index in [1.54, 1.807) is 6.92 Å². The van der Waals surface area contributed by atoms with E-state index in [4.69, 9.17) is 9.15 Å². The standard InChI is InChI=1S/C21H33N3O6S/c1-4-29-21(26)18-5-6-19(30-18)31(27,28)24-11-8-17(9-12-24)20(25)22-13-16-7-10-23(14-16)15(2)3/h5-6,15-17H,4,7-14H2,1-3H3,(H,22,25). The molecule has 0 aromatic carbocycles. The highest BCUT2D eigenvalue weighted by Gasteiger charge is 2.34. The van der Waals surface area contributed by atoms with E-state index in [1.165, 1.54) is 16.4 Å². The van der Waals surface area contributed by atoms with Gasteiger partial charge in [0.1, 0.15) is 0 Å². The average molecular weight is 456 g/mol. The van der Waals surface area contributed by atoms with E-state index in [0.717, 1.165) is 19.5 Å². The van der Waals surface area contributed by atoms with Crippen molar-refractivity contribution < 1.29 is 27.2 Å². The molecule has 1 aromatic rings. The summed E-state index contributed by atoms with van der Waals surface area (Å²) in [7, 11) is -3.86. The Morgan fingerprint density at radius 2 is 1.90 bits per heavy atom. The summed E-state index contributed by atoms with van der Waals surface area (Å²) >= 11 is 0. The first-order valence-corrected chi connectivity index (χ1v) is 12.4. The van der Waals surface area contributed by atoms with Crippen molar-refractivity contribution in [3.05, 3.63) is 17.9 Å². The SMILES string of the molecule is CCOC(=O)c1ccc(S(=O)(=O)N2CCC(C(=O)NCC3CCN(C(C)C)C3)CC2)o1. The van der Waals surface area contributed by atoms with Gasteiger partial charge in [-0.2, -0.15) is 4.31 Å². The summed E-state index contributed by atoms with van der Waals surface area (Å²) in [6, 6.07) is 3.09. The van der Waals surface area contributed by atoms with Crippen molar-refractivity contribution in [1.82, 2.24) is 14.5 Å². The third-order valence-corrected chi connectivity index (χ3v) is 7.86. The Kier molecular flexibility index (Phi) is 7.77. The molecular weight excluding hydrogens is 422 g/mol. The lowest BCUT2D eigenvalue weighted by atomic mass is 9.97. The van der Waals surface area contributed by atoms with Crippen LogP contribution in [0.2, 0.25) is 0 Å². The number of hydrogen-bond acceptors (Lipinski definition) is 7. The molecule has 0 radical (unpaired) electrons. The van der Waals surface area contributed by atoms with Crippen LogP contribution in [0.3, 0.4) is 0 Å². The Bertz CT molecular complexity index is 873. The maximum Gasteiger partial charge on any atom is 0.374 e. The third-order valence-electron chi connectivity index (χ3n) is 6.09. The lowest BCUT2D eigenvalue weighted by molar-refractivity contribution is -0.126. The van der Waals surface area contributed by atoms with Crippen LogP contribution in [0.1, 0.15) is 50.6 Å². The van der Waals surface area contributed by atoms with Crippen LogP contribution in [0.25, 0.3) is 0 Å². The summed E-state index contributed by atoms with van der Waals surface area (Å²) in [4.78, 5) is 26.7. The fraction of sp³-hybridized carbons (Fsp3) is 0.714. The topological polar surface area (TPSA) is 109 Å². The highest BCUT2D eigenvalue weighted by atomic mass is 32.2. The van der Waals surface area contributed by atoms with Crippen molar-refractivity contribution in [3.63, 3.8) is 0 Å². The van der Waals surface area contributed by atoms with Gasteiger partial charge in [0.05, 0.1) is 6.61 Å². The quantitative estimate of drug-likeness (QED) is 0.594. The maximum atomic E-state index is 12.8. The molecule has 174 valence electrons. The number of amides is 1.